The Balaban J connectivity index is 1.83. The van der Waals surface area contributed by atoms with E-state index in [0.29, 0.717) is 18.9 Å². The van der Waals surface area contributed by atoms with E-state index in [1.165, 1.54) is 12.4 Å². The molecular formula is C15H26F2N4O. The van der Waals surface area contributed by atoms with Crippen molar-refractivity contribution < 1.29 is 13.9 Å². The Hall–Kier alpha value is -1.05. The van der Waals surface area contributed by atoms with Crippen LogP contribution in [0.1, 0.15) is 39.1 Å². The second-order valence-electron chi connectivity index (χ2n) is 6.01. The topological polar surface area (TPSA) is 44.5 Å². The second kappa shape index (κ2) is 7.48. The van der Waals surface area contributed by atoms with Gasteiger partial charge in [-0.1, -0.05) is 13.8 Å². The van der Waals surface area contributed by atoms with Crippen LogP contribution < -0.4 is 0 Å². The van der Waals surface area contributed by atoms with Crippen LogP contribution in [-0.2, 0) is 6.54 Å². The smallest absolute Gasteiger partial charge is 0.319 e. The molecule has 1 N–H and O–H groups in total. The van der Waals surface area contributed by atoms with E-state index in [1.807, 2.05) is 13.8 Å². The summed E-state index contributed by atoms with van der Waals surface area (Å²) in [6.45, 7) is 5.89. The summed E-state index contributed by atoms with van der Waals surface area (Å²) in [4.78, 5) is 8.41. The van der Waals surface area contributed by atoms with Crippen LogP contribution in [0.3, 0.4) is 0 Å². The first-order valence-corrected chi connectivity index (χ1v) is 7.94. The summed E-state index contributed by atoms with van der Waals surface area (Å²) in [7, 11) is 0. The van der Waals surface area contributed by atoms with Crippen molar-refractivity contribution in [3.05, 3.63) is 18.2 Å². The number of hydrogen-bond donors (Lipinski definition) is 1. The van der Waals surface area contributed by atoms with E-state index in [1.54, 1.807) is 0 Å². The molecule has 5 nitrogen and oxygen atoms in total. The lowest BCUT2D eigenvalue weighted by molar-refractivity contribution is -0.0169. The molecule has 0 spiro atoms. The molecule has 0 bridgehead atoms. The summed E-state index contributed by atoms with van der Waals surface area (Å²) >= 11 is 0. The van der Waals surface area contributed by atoms with E-state index in [2.05, 4.69) is 14.8 Å². The highest BCUT2D eigenvalue weighted by Gasteiger charge is 2.28. The molecule has 7 heteroatoms. The average molecular weight is 316 g/mol. The number of nitrogens with zero attached hydrogens (tertiary/aromatic N) is 4. The summed E-state index contributed by atoms with van der Waals surface area (Å²) in [5.74, 6) is 0.405. The zero-order valence-electron chi connectivity index (χ0n) is 13.4. The second-order valence-corrected chi connectivity index (χ2v) is 6.01. The van der Waals surface area contributed by atoms with E-state index < -0.39 is 12.2 Å². The maximum absolute atomic E-state index is 12.8. The van der Waals surface area contributed by atoms with Crippen molar-refractivity contribution in [1.29, 1.82) is 0 Å². The number of rotatable bonds is 7. The van der Waals surface area contributed by atoms with Crippen LogP contribution in [0.25, 0.3) is 0 Å². The molecule has 2 heterocycles. The normalized spacial score (nSPS) is 18.3. The van der Waals surface area contributed by atoms with Gasteiger partial charge < -0.3 is 5.11 Å². The van der Waals surface area contributed by atoms with Gasteiger partial charge in [0, 0.05) is 45.1 Å². The standard InChI is InChI=1S/C15H26F2N4O/c1-3-15(22,4-2)12-20-9-7-19(8-10-20)11-13-18-5-6-21(13)14(16)17/h5-6,14,22H,3-4,7-12H2,1-2H3. The molecule has 0 aliphatic carbocycles. The largest absolute Gasteiger partial charge is 0.389 e. The molecule has 0 amide bonds. The van der Waals surface area contributed by atoms with Gasteiger partial charge in [0.25, 0.3) is 0 Å². The van der Waals surface area contributed by atoms with Crippen molar-refractivity contribution in [3.8, 4) is 0 Å². The van der Waals surface area contributed by atoms with E-state index in [0.717, 1.165) is 43.6 Å². The number of halogens is 2. The van der Waals surface area contributed by atoms with Crippen LogP contribution in [0.2, 0.25) is 0 Å². The van der Waals surface area contributed by atoms with E-state index in [-0.39, 0.29) is 0 Å². The molecule has 22 heavy (non-hydrogen) atoms. The zero-order chi connectivity index (χ0) is 16.2. The van der Waals surface area contributed by atoms with E-state index in [9.17, 15) is 13.9 Å². The van der Waals surface area contributed by atoms with Crippen LogP contribution in [-0.4, -0.2) is 62.8 Å². The van der Waals surface area contributed by atoms with Gasteiger partial charge in [-0.2, -0.15) is 8.78 Å². The van der Waals surface area contributed by atoms with Crippen molar-refractivity contribution in [2.24, 2.45) is 0 Å². The van der Waals surface area contributed by atoms with Crippen molar-refractivity contribution in [3.63, 3.8) is 0 Å². The van der Waals surface area contributed by atoms with E-state index >= 15 is 0 Å². The van der Waals surface area contributed by atoms with Gasteiger partial charge >= 0.3 is 6.55 Å². The van der Waals surface area contributed by atoms with Gasteiger partial charge in [-0.05, 0) is 12.8 Å². The monoisotopic (exact) mass is 316 g/mol. The third-order valence-corrected chi connectivity index (χ3v) is 4.62. The number of aromatic nitrogens is 2. The summed E-state index contributed by atoms with van der Waals surface area (Å²) < 4.78 is 26.5. The minimum atomic E-state index is -2.54. The first-order chi connectivity index (χ1) is 10.5. The van der Waals surface area contributed by atoms with Crippen molar-refractivity contribution in [2.75, 3.05) is 32.7 Å². The number of β-amino-alcohol motifs (C(OH)–C–C–N with tert-alkyl or cyclic N) is 1. The molecule has 1 fully saturated rings. The molecule has 1 aromatic heterocycles. The lowest BCUT2D eigenvalue weighted by atomic mass is 9.96. The predicted octanol–water partition coefficient (Wildman–Crippen LogP) is 1.95. The van der Waals surface area contributed by atoms with Crippen LogP contribution in [0.4, 0.5) is 8.78 Å². The zero-order valence-corrected chi connectivity index (χ0v) is 13.4. The molecule has 1 aromatic rings. The molecule has 2 rings (SSSR count). The minimum absolute atomic E-state index is 0.405. The van der Waals surface area contributed by atoms with Crippen LogP contribution >= 0.6 is 0 Å². The third-order valence-electron chi connectivity index (χ3n) is 4.62. The van der Waals surface area contributed by atoms with Crippen molar-refractivity contribution in [1.82, 2.24) is 19.4 Å². The van der Waals surface area contributed by atoms with Crippen molar-refractivity contribution in [2.45, 2.75) is 45.4 Å². The Bertz CT molecular complexity index is 454. The summed E-state index contributed by atoms with van der Waals surface area (Å²) in [5.41, 5.74) is -0.617. The SMILES string of the molecule is CCC(O)(CC)CN1CCN(Cc2nccn2C(F)F)CC1. The van der Waals surface area contributed by atoms with E-state index in [4.69, 9.17) is 0 Å². The Kier molecular flexibility index (Phi) is 5.88. The molecule has 126 valence electrons. The van der Waals surface area contributed by atoms with Gasteiger partial charge in [-0.15, -0.1) is 0 Å². The Morgan fingerprint density at radius 3 is 2.32 bits per heavy atom. The minimum Gasteiger partial charge on any atom is -0.389 e. The predicted molar refractivity (Wildman–Crippen MR) is 80.7 cm³/mol. The first-order valence-electron chi connectivity index (χ1n) is 7.94. The fourth-order valence-electron chi connectivity index (χ4n) is 2.84. The van der Waals surface area contributed by atoms with Gasteiger partial charge in [0.05, 0.1) is 12.1 Å². The van der Waals surface area contributed by atoms with Crippen LogP contribution in [0, 0.1) is 0 Å². The molecule has 0 aromatic carbocycles. The third kappa shape index (κ3) is 4.24. The van der Waals surface area contributed by atoms with Gasteiger partial charge in [-0.3, -0.25) is 14.4 Å². The first kappa shape index (κ1) is 17.3. The molecule has 1 aliphatic heterocycles. The number of imidazole rings is 1. The number of alkyl halides is 2. The highest BCUT2D eigenvalue weighted by Crippen LogP contribution is 2.19. The molecule has 1 aliphatic rings. The lowest BCUT2D eigenvalue weighted by Crippen LogP contribution is -2.51. The highest BCUT2D eigenvalue weighted by atomic mass is 19.3. The van der Waals surface area contributed by atoms with Crippen molar-refractivity contribution >= 4 is 0 Å². The summed E-state index contributed by atoms with van der Waals surface area (Å²) in [6, 6.07) is 0. The fourth-order valence-corrected chi connectivity index (χ4v) is 2.84. The molecule has 0 atom stereocenters. The van der Waals surface area contributed by atoms with Gasteiger partial charge in [-0.25, -0.2) is 4.98 Å². The van der Waals surface area contributed by atoms with Gasteiger partial charge in [0.15, 0.2) is 0 Å². The maximum atomic E-state index is 12.8. The number of piperazine rings is 1. The van der Waals surface area contributed by atoms with Gasteiger partial charge in [0.2, 0.25) is 0 Å². The lowest BCUT2D eigenvalue weighted by Gasteiger charge is -2.38. The maximum Gasteiger partial charge on any atom is 0.319 e. The quantitative estimate of drug-likeness (QED) is 0.835. The number of aliphatic hydroxyl groups is 1. The molecular weight excluding hydrogens is 290 g/mol. The van der Waals surface area contributed by atoms with Gasteiger partial charge in [0.1, 0.15) is 5.82 Å². The highest BCUT2D eigenvalue weighted by molar-refractivity contribution is 4.94. The molecule has 0 unspecified atom stereocenters. The average Bonchev–Trinajstić information content (AvgIpc) is 2.97. The Morgan fingerprint density at radius 2 is 1.77 bits per heavy atom. The molecule has 0 radical (unpaired) electrons. The number of hydrogen-bond acceptors (Lipinski definition) is 4. The summed E-state index contributed by atoms with van der Waals surface area (Å²) in [6.07, 6.45) is 4.23. The fraction of sp³-hybridized carbons (Fsp3) is 0.800. The Labute approximate surface area is 130 Å². The Morgan fingerprint density at radius 1 is 1.18 bits per heavy atom. The van der Waals surface area contributed by atoms with Crippen LogP contribution in [0.15, 0.2) is 12.4 Å². The summed E-state index contributed by atoms with van der Waals surface area (Å²) in [5, 5.41) is 10.4. The van der Waals surface area contributed by atoms with Crippen LogP contribution in [0.5, 0.6) is 0 Å². The molecule has 0 saturated carbocycles. The molecule has 1 saturated heterocycles.